The van der Waals surface area contributed by atoms with Crippen LogP contribution in [0, 0.1) is 5.92 Å². The van der Waals surface area contributed by atoms with Gasteiger partial charge in [0, 0.05) is 24.8 Å². The monoisotopic (exact) mass is 286 g/mol. The Balaban J connectivity index is 2.27. The summed E-state index contributed by atoms with van der Waals surface area (Å²) in [4.78, 5) is 1.46. The van der Waals surface area contributed by atoms with Gasteiger partial charge >= 0.3 is 6.18 Å². The highest BCUT2D eigenvalue weighted by Crippen LogP contribution is 2.28. The van der Waals surface area contributed by atoms with Crippen LogP contribution < -0.4 is 10.2 Å². The maximum Gasteiger partial charge on any atom is 0.405 e. The first kappa shape index (κ1) is 15.2. The molecule has 0 spiro atoms. The number of nitrogens with zero attached hydrogens (tertiary/aromatic N) is 1. The third-order valence-corrected chi connectivity index (χ3v) is 4.01. The minimum atomic E-state index is -4.18. The first-order valence-corrected chi connectivity index (χ1v) is 7.03. The van der Waals surface area contributed by atoms with Crippen molar-refractivity contribution < 1.29 is 13.2 Å². The van der Waals surface area contributed by atoms with Crippen LogP contribution in [0.25, 0.3) is 0 Å². The Morgan fingerprint density at radius 1 is 1.35 bits per heavy atom. The topological polar surface area (TPSA) is 15.3 Å². The van der Waals surface area contributed by atoms with Crippen LogP contribution in [0.1, 0.15) is 25.8 Å². The number of para-hydroxylation sites is 1. The molecule has 2 atom stereocenters. The number of rotatable bonds is 3. The smallest absolute Gasteiger partial charge is 0.361 e. The number of hydrogen-bond donors (Lipinski definition) is 1. The van der Waals surface area contributed by atoms with E-state index >= 15 is 0 Å². The van der Waals surface area contributed by atoms with Gasteiger partial charge in [0.15, 0.2) is 0 Å². The molecule has 0 aliphatic carbocycles. The second-order valence-electron chi connectivity index (χ2n) is 5.50. The maximum atomic E-state index is 12.8. The summed E-state index contributed by atoms with van der Waals surface area (Å²) in [6, 6.07) is 7.42. The van der Waals surface area contributed by atoms with E-state index in [1.165, 1.54) is 4.90 Å². The second kappa shape index (κ2) is 6.04. The van der Waals surface area contributed by atoms with Crippen LogP contribution in [0.5, 0.6) is 0 Å². The van der Waals surface area contributed by atoms with Crippen molar-refractivity contribution in [1.82, 2.24) is 5.32 Å². The molecule has 1 N–H and O–H groups in total. The van der Waals surface area contributed by atoms with Gasteiger partial charge in [0.05, 0.1) is 0 Å². The molecule has 2 nitrogen and oxygen atoms in total. The van der Waals surface area contributed by atoms with Gasteiger partial charge in [-0.3, -0.25) is 0 Å². The van der Waals surface area contributed by atoms with Crippen molar-refractivity contribution in [2.75, 3.05) is 18.0 Å². The molecular weight excluding hydrogens is 265 g/mol. The van der Waals surface area contributed by atoms with Crippen LogP contribution in [0.2, 0.25) is 0 Å². The summed E-state index contributed by atoms with van der Waals surface area (Å²) in [5, 5.41) is 3.40. The Hall–Kier alpha value is -1.23. The summed E-state index contributed by atoms with van der Waals surface area (Å²) in [5.74, 6) is 0.347. The number of alkyl halides is 3. The summed E-state index contributed by atoms with van der Waals surface area (Å²) in [6.45, 7) is 4.28. The molecule has 1 aromatic carbocycles. The summed E-state index contributed by atoms with van der Waals surface area (Å²) in [7, 11) is 0. The molecular formula is C15H21F3N2. The van der Waals surface area contributed by atoms with E-state index in [0.717, 1.165) is 12.0 Å². The molecule has 0 radical (unpaired) electrons. The molecule has 2 unspecified atom stereocenters. The Morgan fingerprint density at radius 3 is 2.70 bits per heavy atom. The molecule has 20 heavy (non-hydrogen) atoms. The fourth-order valence-corrected chi connectivity index (χ4v) is 2.64. The average Bonchev–Trinajstić information content (AvgIpc) is 2.57. The molecule has 0 fully saturated rings. The van der Waals surface area contributed by atoms with E-state index in [-0.39, 0.29) is 6.04 Å². The van der Waals surface area contributed by atoms with Crippen LogP contribution >= 0.6 is 0 Å². The molecule has 1 aromatic rings. The van der Waals surface area contributed by atoms with Gasteiger partial charge in [0.1, 0.15) is 6.54 Å². The van der Waals surface area contributed by atoms with Crippen LogP contribution in [0.3, 0.4) is 0 Å². The van der Waals surface area contributed by atoms with Crippen LogP contribution in [0.15, 0.2) is 24.3 Å². The zero-order valence-electron chi connectivity index (χ0n) is 11.9. The highest BCUT2D eigenvalue weighted by Gasteiger charge is 2.34. The molecule has 1 aliphatic heterocycles. The van der Waals surface area contributed by atoms with E-state index in [1.54, 1.807) is 12.1 Å². The highest BCUT2D eigenvalue weighted by molar-refractivity contribution is 5.54. The SMILES string of the molecule is CCC(C)C1CN(CC(F)(F)F)c2ccccc2CN1. The third-order valence-electron chi connectivity index (χ3n) is 4.01. The van der Waals surface area contributed by atoms with Crippen LogP contribution in [0.4, 0.5) is 18.9 Å². The van der Waals surface area contributed by atoms with Gasteiger partial charge in [-0.05, 0) is 17.5 Å². The van der Waals surface area contributed by atoms with Gasteiger partial charge in [0.25, 0.3) is 0 Å². The Labute approximate surface area is 118 Å². The zero-order chi connectivity index (χ0) is 14.8. The third kappa shape index (κ3) is 3.66. The van der Waals surface area contributed by atoms with Crippen molar-refractivity contribution in [3.8, 4) is 0 Å². The lowest BCUT2D eigenvalue weighted by Crippen LogP contribution is -2.45. The predicted octanol–water partition coefficient (Wildman–Crippen LogP) is 3.57. The van der Waals surface area contributed by atoms with Crippen molar-refractivity contribution >= 4 is 5.69 Å². The number of hydrogen-bond acceptors (Lipinski definition) is 2. The molecule has 2 rings (SSSR count). The first-order valence-electron chi connectivity index (χ1n) is 7.03. The molecule has 0 aromatic heterocycles. The zero-order valence-corrected chi connectivity index (χ0v) is 11.9. The van der Waals surface area contributed by atoms with Gasteiger partial charge in [-0.15, -0.1) is 0 Å². The molecule has 0 amide bonds. The quantitative estimate of drug-likeness (QED) is 0.913. The predicted molar refractivity (Wildman–Crippen MR) is 74.8 cm³/mol. The lowest BCUT2D eigenvalue weighted by Gasteiger charge is -2.30. The van der Waals surface area contributed by atoms with Crippen molar-refractivity contribution in [3.63, 3.8) is 0 Å². The Bertz CT molecular complexity index is 445. The number of benzene rings is 1. The van der Waals surface area contributed by atoms with Gasteiger partial charge in [0.2, 0.25) is 0 Å². The van der Waals surface area contributed by atoms with Crippen molar-refractivity contribution in [1.29, 1.82) is 0 Å². The molecule has 112 valence electrons. The largest absolute Gasteiger partial charge is 0.405 e. The molecule has 1 heterocycles. The van der Waals surface area contributed by atoms with Gasteiger partial charge in [-0.25, -0.2) is 0 Å². The van der Waals surface area contributed by atoms with E-state index in [0.29, 0.717) is 24.7 Å². The van der Waals surface area contributed by atoms with E-state index in [9.17, 15) is 13.2 Å². The highest BCUT2D eigenvalue weighted by atomic mass is 19.4. The van der Waals surface area contributed by atoms with E-state index in [4.69, 9.17) is 0 Å². The lowest BCUT2D eigenvalue weighted by atomic mass is 9.99. The van der Waals surface area contributed by atoms with E-state index in [2.05, 4.69) is 19.2 Å². The summed E-state index contributed by atoms with van der Waals surface area (Å²) in [6.07, 6.45) is -3.23. The van der Waals surface area contributed by atoms with E-state index in [1.807, 2.05) is 12.1 Å². The molecule has 5 heteroatoms. The number of fused-ring (bicyclic) bond motifs is 1. The fraction of sp³-hybridized carbons (Fsp3) is 0.600. The molecule has 0 bridgehead atoms. The maximum absolute atomic E-state index is 12.8. The molecule has 0 saturated heterocycles. The summed E-state index contributed by atoms with van der Waals surface area (Å²) in [5.41, 5.74) is 1.63. The van der Waals surface area contributed by atoms with Gasteiger partial charge in [-0.2, -0.15) is 13.2 Å². The Morgan fingerprint density at radius 2 is 2.05 bits per heavy atom. The number of halogens is 3. The van der Waals surface area contributed by atoms with Crippen molar-refractivity contribution in [2.45, 2.75) is 39.0 Å². The fourth-order valence-electron chi connectivity index (χ4n) is 2.64. The normalized spacial score (nSPS) is 21.2. The van der Waals surface area contributed by atoms with Crippen LogP contribution in [-0.2, 0) is 6.54 Å². The van der Waals surface area contributed by atoms with Crippen LogP contribution in [-0.4, -0.2) is 25.3 Å². The van der Waals surface area contributed by atoms with Crippen molar-refractivity contribution in [3.05, 3.63) is 29.8 Å². The first-order chi connectivity index (χ1) is 9.40. The molecule has 0 saturated carbocycles. The van der Waals surface area contributed by atoms with Gasteiger partial charge < -0.3 is 10.2 Å². The standard InChI is InChI=1S/C15H21F3N2/c1-3-11(2)13-9-20(10-15(16,17)18)14-7-5-4-6-12(14)8-19-13/h4-7,11,13,19H,3,8-10H2,1-2H3. The number of anilines is 1. The minimum Gasteiger partial charge on any atom is -0.361 e. The minimum absolute atomic E-state index is 0.0785. The second-order valence-corrected chi connectivity index (χ2v) is 5.50. The summed E-state index contributed by atoms with van der Waals surface area (Å²) >= 11 is 0. The lowest BCUT2D eigenvalue weighted by molar-refractivity contribution is -0.119. The Kier molecular flexibility index (Phi) is 4.58. The average molecular weight is 286 g/mol. The van der Waals surface area contributed by atoms with Crippen molar-refractivity contribution in [2.24, 2.45) is 5.92 Å². The number of nitrogens with one attached hydrogen (secondary N) is 1. The summed E-state index contributed by atoms with van der Waals surface area (Å²) < 4.78 is 38.4. The van der Waals surface area contributed by atoms with E-state index < -0.39 is 12.7 Å². The van der Waals surface area contributed by atoms with Gasteiger partial charge in [-0.1, -0.05) is 38.5 Å². The molecule has 1 aliphatic rings.